The predicted octanol–water partition coefficient (Wildman–Crippen LogP) is 2.64. The Morgan fingerprint density at radius 1 is 1.32 bits per heavy atom. The summed E-state index contributed by atoms with van der Waals surface area (Å²) in [5.41, 5.74) is 2.08. The molecule has 3 rings (SSSR count). The van der Waals surface area contributed by atoms with Crippen molar-refractivity contribution in [1.29, 1.82) is 0 Å². The molecule has 2 aromatic heterocycles. The molecule has 1 atom stereocenters. The van der Waals surface area contributed by atoms with E-state index in [1.54, 1.807) is 30.7 Å². The van der Waals surface area contributed by atoms with Gasteiger partial charge in [0.1, 0.15) is 11.3 Å². The number of rotatable bonds is 5. The minimum Gasteiger partial charge on any atom is -0.335 e. The maximum atomic E-state index is 12.2. The molecule has 25 heavy (non-hydrogen) atoms. The Bertz CT molecular complexity index is 690. The van der Waals surface area contributed by atoms with Gasteiger partial charge < -0.3 is 4.90 Å². The second kappa shape index (κ2) is 8.49. The second-order valence-electron chi connectivity index (χ2n) is 6.64. The minimum atomic E-state index is 0.123. The summed E-state index contributed by atoms with van der Waals surface area (Å²) in [6.07, 6.45) is 8.24. The maximum Gasteiger partial charge on any atom is 0.219 e. The van der Waals surface area contributed by atoms with E-state index in [2.05, 4.69) is 25.2 Å². The molecule has 0 spiro atoms. The van der Waals surface area contributed by atoms with Crippen molar-refractivity contribution >= 4 is 17.2 Å². The van der Waals surface area contributed by atoms with Crippen molar-refractivity contribution in [2.45, 2.75) is 52.2 Å². The van der Waals surface area contributed by atoms with Crippen LogP contribution in [0, 0.1) is 6.92 Å². The Labute approximate surface area is 152 Å². The topological polar surface area (TPSA) is 62.2 Å². The molecule has 2 aromatic rings. The molecule has 0 N–H and O–H groups in total. The molecule has 1 aliphatic heterocycles. The number of thiazole rings is 1. The van der Waals surface area contributed by atoms with E-state index in [1.165, 1.54) is 11.3 Å². The SMILES string of the molecule is CC(=O)N(Cc1cncnc1)[C@@H]1CCCN(Cc2nc(C)cs2)CC1. The van der Waals surface area contributed by atoms with Crippen LogP contribution >= 0.6 is 11.3 Å². The van der Waals surface area contributed by atoms with Crippen LogP contribution in [-0.4, -0.2) is 49.8 Å². The van der Waals surface area contributed by atoms with E-state index < -0.39 is 0 Å². The zero-order valence-electron chi connectivity index (χ0n) is 14.9. The van der Waals surface area contributed by atoms with Gasteiger partial charge in [0.05, 0.1) is 6.54 Å². The van der Waals surface area contributed by atoms with E-state index in [1.807, 2.05) is 11.8 Å². The van der Waals surface area contributed by atoms with Crippen LogP contribution in [0.15, 0.2) is 24.1 Å². The molecule has 0 aromatic carbocycles. The average molecular weight is 359 g/mol. The van der Waals surface area contributed by atoms with Crippen molar-refractivity contribution in [3.05, 3.63) is 40.4 Å². The number of carbonyl (C=O) groups is 1. The van der Waals surface area contributed by atoms with Crippen LogP contribution in [0.4, 0.5) is 0 Å². The monoisotopic (exact) mass is 359 g/mol. The van der Waals surface area contributed by atoms with E-state index >= 15 is 0 Å². The first-order chi connectivity index (χ1) is 12.1. The lowest BCUT2D eigenvalue weighted by atomic mass is 10.1. The molecule has 6 nitrogen and oxygen atoms in total. The molecular weight excluding hydrogens is 334 g/mol. The Morgan fingerprint density at radius 2 is 2.12 bits per heavy atom. The van der Waals surface area contributed by atoms with Crippen molar-refractivity contribution in [2.24, 2.45) is 0 Å². The third-order valence-electron chi connectivity index (χ3n) is 4.63. The molecule has 3 heterocycles. The van der Waals surface area contributed by atoms with Gasteiger partial charge in [-0.15, -0.1) is 11.3 Å². The second-order valence-corrected chi connectivity index (χ2v) is 7.58. The quantitative estimate of drug-likeness (QED) is 0.821. The van der Waals surface area contributed by atoms with Crippen LogP contribution in [-0.2, 0) is 17.9 Å². The fraction of sp³-hybridized carbons (Fsp3) is 0.556. The van der Waals surface area contributed by atoms with Gasteiger partial charge in [-0.3, -0.25) is 9.69 Å². The largest absolute Gasteiger partial charge is 0.335 e. The molecule has 0 bridgehead atoms. The third kappa shape index (κ3) is 5.06. The first kappa shape index (κ1) is 17.9. The Kier molecular flexibility index (Phi) is 6.09. The normalized spacial score (nSPS) is 18.7. The summed E-state index contributed by atoms with van der Waals surface area (Å²) >= 11 is 1.73. The number of nitrogens with zero attached hydrogens (tertiary/aromatic N) is 5. The summed E-state index contributed by atoms with van der Waals surface area (Å²) in [7, 11) is 0. The number of aromatic nitrogens is 3. The summed E-state index contributed by atoms with van der Waals surface area (Å²) in [5, 5.41) is 3.29. The van der Waals surface area contributed by atoms with Gasteiger partial charge in [0.25, 0.3) is 0 Å². The highest BCUT2D eigenvalue weighted by Crippen LogP contribution is 2.21. The van der Waals surface area contributed by atoms with Crippen LogP contribution in [0.5, 0.6) is 0 Å². The molecule has 0 radical (unpaired) electrons. The smallest absolute Gasteiger partial charge is 0.219 e. The van der Waals surface area contributed by atoms with Crippen molar-refractivity contribution < 1.29 is 4.79 Å². The number of amides is 1. The highest BCUT2D eigenvalue weighted by Gasteiger charge is 2.25. The van der Waals surface area contributed by atoms with E-state index in [-0.39, 0.29) is 11.9 Å². The van der Waals surface area contributed by atoms with Crippen LogP contribution in [0.2, 0.25) is 0 Å². The lowest BCUT2D eigenvalue weighted by Crippen LogP contribution is -2.39. The van der Waals surface area contributed by atoms with E-state index in [0.717, 1.165) is 50.2 Å². The van der Waals surface area contributed by atoms with E-state index in [0.29, 0.717) is 6.54 Å². The Balaban J connectivity index is 1.60. The van der Waals surface area contributed by atoms with Gasteiger partial charge in [0.2, 0.25) is 5.91 Å². The molecule has 134 valence electrons. The summed E-state index contributed by atoms with van der Waals surface area (Å²) in [5.74, 6) is 0.123. The molecule has 1 aliphatic rings. The zero-order chi connectivity index (χ0) is 17.6. The number of carbonyl (C=O) groups excluding carboxylic acids is 1. The molecule has 1 saturated heterocycles. The number of hydrogen-bond donors (Lipinski definition) is 0. The molecule has 1 fully saturated rings. The summed E-state index contributed by atoms with van der Waals surface area (Å²) in [6, 6.07) is 0.278. The Hall–Kier alpha value is -1.86. The van der Waals surface area contributed by atoms with Crippen molar-refractivity contribution in [1.82, 2.24) is 24.8 Å². The lowest BCUT2D eigenvalue weighted by molar-refractivity contribution is -0.132. The summed E-state index contributed by atoms with van der Waals surface area (Å²) in [4.78, 5) is 29.3. The van der Waals surface area contributed by atoms with Gasteiger partial charge in [-0.1, -0.05) is 0 Å². The van der Waals surface area contributed by atoms with Crippen molar-refractivity contribution in [3.8, 4) is 0 Å². The van der Waals surface area contributed by atoms with Gasteiger partial charge in [0, 0.05) is 55.1 Å². The van der Waals surface area contributed by atoms with Crippen molar-refractivity contribution in [2.75, 3.05) is 13.1 Å². The number of aryl methyl sites for hydroxylation is 1. The Morgan fingerprint density at radius 3 is 2.80 bits per heavy atom. The standard InChI is InChI=1S/C18H25N5OS/c1-14-12-25-18(21-14)11-22-6-3-4-17(5-7-22)23(15(2)24)10-16-8-19-13-20-9-16/h8-9,12-13,17H,3-7,10-11H2,1-2H3/t17-/m1/s1. The molecular formula is C18H25N5OS. The van der Waals surface area contributed by atoms with Gasteiger partial charge in [-0.05, 0) is 32.7 Å². The highest BCUT2D eigenvalue weighted by atomic mass is 32.1. The maximum absolute atomic E-state index is 12.2. The molecule has 0 aliphatic carbocycles. The first-order valence-electron chi connectivity index (χ1n) is 8.76. The minimum absolute atomic E-state index is 0.123. The van der Waals surface area contributed by atoms with Gasteiger partial charge in [0.15, 0.2) is 0 Å². The zero-order valence-corrected chi connectivity index (χ0v) is 15.7. The van der Waals surface area contributed by atoms with Crippen LogP contribution in [0.25, 0.3) is 0 Å². The van der Waals surface area contributed by atoms with Gasteiger partial charge in [-0.25, -0.2) is 15.0 Å². The fourth-order valence-corrected chi connectivity index (χ4v) is 4.19. The summed E-state index contributed by atoms with van der Waals surface area (Å²) in [6.45, 7) is 7.26. The van der Waals surface area contributed by atoms with Gasteiger partial charge in [-0.2, -0.15) is 0 Å². The fourth-order valence-electron chi connectivity index (χ4n) is 3.38. The van der Waals surface area contributed by atoms with E-state index in [4.69, 9.17) is 0 Å². The molecule has 0 unspecified atom stereocenters. The van der Waals surface area contributed by atoms with Crippen LogP contribution in [0.1, 0.15) is 42.5 Å². The van der Waals surface area contributed by atoms with Crippen LogP contribution < -0.4 is 0 Å². The summed E-state index contributed by atoms with van der Waals surface area (Å²) < 4.78 is 0. The first-order valence-corrected chi connectivity index (χ1v) is 9.64. The molecule has 7 heteroatoms. The third-order valence-corrected chi connectivity index (χ3v) is 5.58. The highest BCUT2D eigenvalue weighted by molar-refractivity contribution is 7.09. The van der Waals surface area contributed by atoms with Crippen LogP contribution in [0.3, 0.4) is 0 Å². The van der Waals surface area contributed by atoms with Gasteiger partial charge >= 0.3 is 0 Å². The average Bonchev–Trinajstić information content (AvgIpc) is 2.87. The van der Waals surface area contributed by atoms with Crippen molar-refractivity contribution in [3.63, 3.8) is 0 Å². The predicted molar refractivity (Wildman–Crippen MR) is 98.0 cm³/mol. The molecule has 0 saturated carbocycles. The molecule has 1 amide bonds. The number of likely N-dealkylation sites (tertiary alicyclic amines) is 1. The number of hydrogen-bond acceptors (Lipinski definition) is 6. The van der Waals surface area contributed by atoms with E-state index in [9.17, 15) is 4.79 Å². The lowest BCUT2D eigenvalue weighted by Gasteiger charge is -2.30.